The van der Waals surface area contributed by atoms with E-state index >= 15 is 0 Å². The lowest BCUT2D eigenvalue weighted by molar-refractivity contribution is 0.0823. The number of carbonyl (C=O) groups excluding carboxylic acids is 1. The van der Waals surface area contributed by atoms with Crippen LogP contribution in [0, 0.1) is 0 Å². The Kier molecular flexibility index (Phi) is 4.92. The van der Waals surface area contributed by atoms with Crippen LogP contribution in [0.15, 0.2) is 23.6 Å². The lowest BCUT2D eigenvalue weighted by Gasteiger charge is -2.38. The van der Waals surface area contributed by atoms with Crippen LogP contribution in [0.4, 0.5) is 5.13 Å². The molecule has 3 heterocycles. The molecule has 1 amide bonds. The number of hydrogen-bond donors (Lipinski definition) is 0. The van der Waals surface area contributed by atoms with Crippen molar-refractivity contribution in [2.24, 2.45) is 0 Å². The minimum atomic E-state index is -0.0485. The van der Waals surface area contributed by atoms with Crippen LogP contribution in [-0.2, 0) is 0 Å². The molecule has 8 heteroatoms. The SMILES string of the molecule is CC(c1ccc2c(c1)OCO2)N1CCN(c2nc(C(=O)N(C)C)cs2)CC1. The molecule has 1 aromatic carbocycles. The summed E-state index contributed by atoms with van der Waals surface area (Å²) in [7, 11) is 3.50. The van der Waals surface area contributed by atoms with Crippen LogP contribution < -0.4 is 14.4 Å². The summed E-state index contributed by atoms with van der Waals surface area (Å²) < 4.78 is 10.9. The van der Waals surface area contributed by atoms with Crippen molar-refractivity contribution < 1.29 is 14.3 Å². The molecule has 1 fully saturated rings. The number of hydrogen-bond acceptors (Lipinski definition) is 7. The molecule has 1 unspecified atom stereocenters. The molecule has 0 aliphatic carbocycles. The predicted molar refractivity (Wildman–Crippen MR) is 105 cm³/mol. The van der Waals surface area contributed by atoms with Crippen LogP contribution in [0.1, 0.15) is 29.0 Å². The third kappa shape index (κ3) is 3.59. The average molecular weight is 388 g/mol. The van der Waals surface area contributed by atoms with Crippen LogP contribution in [0.5, 0.6) is 11.5 Å². The first-order chi connectivity index (χ1) is 13.0. The molecule has 144 valence electrons. The maximum atomic E-state index is 12.0. The van der Waals surface area contributed by atoms with Crippen LogP contribution in [-0.4, -0.2) is 67.8 Å². The van der Waals surface area contributed by atoms with Gasteiger partial charge in [-0.05, 0) is 24.6 Å². The second-order valence-electron chi connectivity index (χ2n) is 7.03. The van der Waals surface area contributed by atoms with Crippen molar-refractivity contribution in [2.45, 2.75) is 13.0 Å². The summed E-state index contributed by atoms with van der Waals surface area (Å²) in [4.78, 5) is 22.9. The summed E-state index contributed by atoms with van der Waals surface area (Å²) in [5, 5.41) is 2.77. The lowest BCUT2D eigenvalue weighted by Crippen LogP contribution is -2.47. The highest BCUT2D eigenvalue weighted by Gasteiger charge is 2.25. The number of nitrogens with zero attached hydrogens (tertiary/aromatic N) is 4. The first kappa shape index (κ1) is 18.1. The van der Waals surface area contributed by atoms with Crippen molar-refractivity contribution in [3.8, 4) is 11.5 Å². The highest BCUT2D eigenvalue weighted by Crippen LogP contribution is 2.35. The van der Waals surface area contributed by atoms with Gasteiger partial charge < -0.3 is 19.3 Å². The number of rotatable bonds is 4. The van der Waals surface area contributed by atoms with E-state index in [0.29, 0.717) is 18.5 Å². The topological polar surface area (TPSA) is 58.1 Å². The second kappa shape index (κ2) is 7.36. The summed E-state index contributed by atoms with van der Waals surface area (Å²) in [6, 6.07) is 6.50. The number of piperazine rings is 1. The van der Waals surface area contributed by atoms with Crippen LogP contribution in [0.3, 0.4) is 0 Å². The molecular formula is C19H24N4O3S. The Morgan fingerprint density at radius 3 is 2.67 bits per heavy atom. The van der Waals surface area contributed by atoms with E-state index < -0.39 is 0 Å². The van der Waals surface area contributed by atoms with Gasteiger partial charge in [-0.1, -0.05) is 6.07 Å². The zero-order valence-corrected chi connectivity index (χ0v) is 16.7. The second-order valence-corrected chi connectivity index (χ2v) is 7.86. The number of fused-ring (bicyclic) bond motifs is 1. The third-order valence-electron chi connectivity index (χ3n) is 5.13. The van der Waals surface area contributed by atoms with Gasteiger partial charge in [-0.15, -0.1) is 11.3 Å². The number of amides is 1. The molecule has 2 aliphatic heterocycles. The molecule has 0 saturated carbocycles. The molecule has 0 radical (unpaired) electrons. The monoisotopic (exact) mass is 388 g/mol. The van der Waals surface area contributed by atoms with E-state index in [2.05, 4.69) is 33.8 Å². The van der Waals surface area contributed by atoms with Gasteiger partial charge in [0.2, 0.25) is 6.79 Å². The largest absolute Gasteiger partial charge is 0.454 e. The molecule has 4 rings (SSSR count). The summed E-state index contributed by atoms with van der Waals surface area (Å²) in [6.45, 7) is 6.23. The zero-order chi connectivity index (χ0) is 19.0. The Morgan fingerprint density at radius 2 is 1.93 bits per heavy atom. The van der Waals surface area contributed by atoms with Crippen molar-refractivity contribution in [2.75, 3.05) is 52.0 Å². The molecule has 2 aliphatic rings. The van der Waals surface area contributed by atoms with Crippen molar-refractivity contribution >= 4 is 22.4 Å². The van der Waals surface area contributed by atoms with Gasteiger partial charge in [0.25, 0.3) is 5.91 Å². The van der Waals surface area contributed by atoms with E-state index in [1.807, 2.05) is 11.4 Å². The van der Waals surface area contributed by atoms with Gasteiger partial charge in [0.1, 0.15) is 5.69 Å². The highest BCUT2D eigenvalue weighted by molar-refractivity contribution is 7.13. The molecule has 0 bridgehead atoms. The molecule has 27 heavy (non-hydrogen) atoms. The number of ether oxygens (including phenoxy) is 2. The third-order valence-corrected chi connectivity index (χ3v) is 6.03. The van der Waals surface area contributed by atoms with Crippen LogP contribution in [0.2, 0.25) is 0 Å². The Morgan fingerprint density at radius 1 is 1.19 bits per heavy atom. The molecule has 0 spiro atoms. The Hall–Kier alpha value is -2.32. The number of benzene rings is 1. The predicted octanol–water partition coefficient (Wildman–Crippen LogP) is 2.46. The Labute approximate surface area is 163 Å². The summed E-state index contributed by atoms with van der Waals surface area (Å²) in [5.74, 6) is 1.61. The van der Waals surface area contributed by atoms with E-state index in [4.69, 9.17) is 9.47 Å². The maximum Gasteiger partial charge on any atom is 0.272 e. The van der Waals surface area contributed by atoms with E-state index in [1.165, 1.54) is 16.9 Å². The minimum absolute atomic E-state index is 0.0485. The Balaban J connectivity index is 1.38. The normalized spacial score (nSPS) is 17.8. The first-order valence-electron chi connectivity index (χ1n) is 9.08. The fourth-order valence-corrected chi connectivity index (χ4v) is 4.27. The van der Waals surface area contributed by atoms with E-state index in [0.717, 1.165) is 42.8 Å². The number of aromatic nitrogens is 1. The van der Waals surface area contributed by atoms with Gasteiger partial charge in [0.05, 0.1) is 0 Å². The van der Waals surface area contributed by atoms with Gasteiger partial charge in [-0.25, -0.2) is 4.98 Å². The van der Waals surface area contributed by atoms with Gasteiger partial charge in [-0.3, -0.25) is 9.69 Å². The van der Waals surface area contributed by atoms with E-state index in [1.54, 1.807) is 19.0 Å². The summed E-state index contributed by atoms with van der Waals surface area (Å²) in [6.07, 6.45) is 0. The van der Waals surface area contributed by atoms with Crippen molar-refractivity contribution in [3.63, 3.8) is 0 Å². The molecule has 1 atom stereocenters. The van der Waals surface area contributed by atoms with Gasteiger partial charge in [0, 0.05) is 51.7 Å². The van der Waals surface area contributed by atoms with E-state index in [-0.39, 0.29) is 5.91 Å². The Bertz CT molecular complexity index is 830. The fourth-order valence-electron chi connectivity index (χ4n) is 3.42. The van der Waals surface area contributed by atoms with Gasteiger partial charge >= 0.3 is 0 Å². The zero-order valence-electron chi connectivity index (χ0n) is 15.8. The quantitative estimate of drug-likeness (QED) is 0.802. The standard InChI is InChI=1S/C19H24N4O3S/c1-13(14-4-5-16-17(10-14)26-12-25-16)22-6-8-23(9-7-22)19-20-15(11-27-19)18(24)21(2)3/h4-5,10-11,13H,6-9,12H2,1-3H3. The first-order valence-corrected chi connectivity index (χ1v) is 9.96. The number of carbonyl (C=O) groups is 1. The van der Waals surface area contributed by atoms with Crippen molar-refractivity contribution in [3.05, 3.63) is 34.8 Å². The summed E-state index contributed by atoms with van der Waals surface area (Å²) in [5.41, 5.74) is 1.76. The minimum Gasteiger partial charge on any atom is -0.454 e. The summed E-state index contributed by atoms with van der Waals surface area (Å²) >= 11 is 1.54. The number of thiazole rings is 1. The molecule has 1 saturated heterocycles. The number of anilines is 1. The maximum absolute atomic E-state index is 12.0. The fraction of sp³-hybridized carbons (Fsp3) is 0.474. The molecule has 2 aromatic rings. The van der Waals surface area contributed by atoms with Crippen molar-refractivity contribution in [1.29, 1.82) is 0 Å². The highest BCUT2D eigenvalue weighted by atomic mass is 32.1. The van der Waals surface area contributed by atoms with Crippen LogP contribution >= 0.6 is 11.3 Å². The van der Waals surface area contributed by atoms with Crippen LogP contribution in [0.25, 0.3) is 0 Å². The average Bonchev–Trinajstić information content (AvgIpc) is 3.35. The van der Waals surface area contributed by atoms with E-state index in [9.17, 15) is 4.79 Å². The van der Waals surface area contributed by atoms with Crippen molar-refractivity contribution in [1.82, 2.24) is 14.8 Å². The van der Waals surface area contributed by atoms with Gasteiger partial charge in [0.15, 0.2) is 16.6 Å². The molecular weight excluding hydrogens is 364 g/mol. The van der Waals surface area contributed by atoms with Gasteiger partial charge in [-0.2, -0.15) is 0 Å². The molecule has 7 nitrogen and oxygen atoms in total. The molecule has 0 N–H and O–H groups in total. The molecule has 1 aromatic heterocycles. The smallest absolute Gasteiger partial charge is 0.272 e. The lowest BCUT2D eigenvalue weighted by atomic mass is 10.1.